The second-order valence-electron chi connectivity index (χ2n) is 6.20. The first kappa shape index (κ1) is 18.0. The summed E-state index contributed by atoms with van der Waals surface area (Å²) in [5.74, 6) is 1.20. The van der Waals surface area contributed by atoms with E-state index < -0.39 is 0 Å². The lowest BCUT2D eigenvalue weighted by Crippen LogP contribution is -2.06. The number of thioether (sulfide) groups is 1. The minimum Gasteiger partial charge on any atom is -0.383 e. The van der Waals surface area contributed by atoms with Crippen molar-refractivity contribution in [2.45, 2.75) is 30.9 Å². The fraction of sp³-hybridized carbons (Fsp3) is 0.300. The standard InChI is InChI=1S/C20H21FN4OS/c1-3-24-17-10-6-7-14(21)19(17)23-18(24)13-27-20-22-15-8-4-5-9-16(15)25(20)11-12-26-2/h4-10H,3,11-13H2,1-2H3. The number of rotatable bonds is 7. The second kappa shape index (κ2) is 7.70. The number of hydrogen-bond acceptors (Lipinski definition) is 4. The van der Waals surface area contributed by atoms with Crippen molar-refractivity contribution in [3.05, 3.63) is 54.1 Å². The molecule has 2 aromatic carbocycles. The number of nitrogens with zero attached hydrogens (tertiary/aromatic N) is 4. The second-order valence-corrected chi connectivity index (χ2v) is 7.14. The molecule has 0 saturated carbocycles. The molecule has 0 aliphatic heterocycles. The van der Waals surface area contributed by atoms with Crippen molar-refractivity contribution in [1.82, 2.24) is 19.1 Å². The molecule has 2 heterocycles. The van der Waals surface area contributed by atoms with Crippen molar-refractivity contribution < 1.29 is 9.13 Å². The largest absolute Gasteiger partial charge is 0.383 e. The van der Waals surface area contributed by atoms with Gasteiger partial charge in [0.1, 0.15) is 11.3 Å². The van der Waals surface area contributed by atoms with Gasteiger partial charge < -0.3 is 13.9 Å². The Morgan fingerprint density at radius 1 is 1.04 bits per heavy atom. The number of hydrogen-bond donors (Lipinski definition) is 0. The average Bonchev–Trinajstić information content (AvgIpc) is 3.23. The third-order valence-electron chi connectivity index (χ3n) is 4.59. The molecule has 0 spiro atoms. The van der Waals surface area contributed by atoms with Gasteiger partial charge in [-0.25, -0.2) is 14.4 Å². The summed E-state index contributed by atoms with van der Waals surface area (Å²) in [6.45, 7) is 4.15. The molecule has 0 fully saturated rings. The summed E-state index contributed by atoms with van der Waals surface area (Å²) in [4.78, 5) is 9.32. The van der Waals surface area contributed by atoms with Crippen molar-refractivity contribution in [3.8, 4) is 0 Å². The van der Waals surface area contributed by atoms with Gasteiger partial charge in [-0.3, -0.25) is 0 Å². The summed E-state index contributed by atoms with van der Waals surface area (Å²) in [5.41, 5.74) is 3.32. The van der Waals surface area contributed by atoms with E-state index in [1.807, 2.05) is 31.2 Å². The van der Waals surface area contributed by atoms with Crippen LogP contribution in [0.4, 0.5) is 4.39 Å². The lowest BCUT2D eigenvalue weighted by molar-refractivity contribution is 0.186. The van der Waals surface area contributed by atoms with Gasteiger partial charge in [0.2, 0.25) is 0 Å². The highest BCUT2D eigenvalue weighted by molar-refractivity contribution is 7.98. The zero-order valence-corrected chi connectivity index (χ0v) is 16.2. The Morgan fingerprint density at radius 2 is 1.85 bits per heavy atom. The van der Waals surface area contributed by atoms with Crippen LogP contribution in [0, 0.1) is 5.82 Å². The zero-order chi connectivity index (χ0) is 18.8. The minimum atomic E-state index is -0.279. The zero-order valence-electron chi connectivity index (χ0n) is 15.4. The predicted molar refractivity (Wildman–Crippen MR) is 107 cm³/mol. The summed E-state index contributed by atoms with van der Waals surface area (Å²) in [7, 11) is 1.70. The van der Waals surface area contributed by atoms with E-state index in [1.165, 1.54) is 6.07 Å². The smallest absolute Gasteiger partial charge is 0.169 e. The van der Waals surface area contributed by atoms with E-state index in [1.54, 1.807) is 24.9 Å². The van der Waals surface area contributed by atoms with Crippen LogP contribution in [0.3, 0.4) is 0 Å². The molecule has 0 radical (unpaired) electrons. The number of para-hydroxylation sites is 3. The summed E-state index contributed by atoms with van der Waals surface area (Å²) in [6, 6.07) is 13.2. The van der Waals surface area contributed by atoms with Crippen molar-refractivity contribution in [2.24, 2.45) is 0 Å². The van der Waals surface area contributed by atoms with E-state index >= 15 is 0 Å². The van der Waals surface area contributed by atoms with Gasteiger partial charge in [-0.15, -0.1) is 0 Å². The number of aromatic nitrogens is 4. The number of imidazole rings is 2. The average molecular weight is 384 g/mol. The molecule has 0 aliphatic carbocycles. The lowest BCUT2D eigenvalue weighted by atomic mass is 10.3. The SMILES string of the molecule is CCn1c(CSc2nc3ccccc3n2CCOC)nc2c(F)cccc21. The molecule has 4 rings (SSSR count). The molecule has 0 unspecified atom stereocenters. The normalized spacial score (nSPS) is 11.7. The molecule has 4 aromatic rings. The third-order valence-corrected chi connectivity index (χ3v) is 5.57. The number of fused-ring (bicyclic) bond motifs is 2. The number of ether oxygens (including phenoxy) is 1. The number of benzene rings is 2. The minimum absolute atomic E-state index is 0.279. The Bertz CT molecular complexity index is 1090. The van der Waals surface area contributed by atoms with Crippen molar-refractivity contribution in [1.29, 1.82) is 0 Å². The Morgan fingerprint density at radius 3 is 2.67 bits per heavy atom. The Balaban J connectivity index is 1.67. The monoisotopic (exact) mass is 384 g/mol. The molecular weight excluding hydrogens is 363 g/mol. The van der Waals surface area contributed by atoms with Crippen LogP contribution in [0.25, 0.3) is 22.1 Å². The molecule has 2 aromatic heterocycles. The Kier molecular flexibility index (Phi) is 5.13. The van der Waals surface area contributed by atoms with Gasteiger partial charge >= 0.3 is 0 Å². The van der Waals surface area contributed by atoms with Crippen LogP contribution >= 0.6 is 11.8 Å². The van der Waals surface area contributed by atoms with E-state index in [4.69, 9.17) is 9.72 Å². The van der Waals surface area contributed by atoms with E-state index in [0.717, 1.165) is 40.6 Å². The molecule has 5 nitrogen and oxygen atoms in total. The first-order valence-corrected chi connectivity index (χ1v) is 9.92. The van der Waals surface area contributed by atoms with Gasteiger partial charge in [0.05, 0.1) is 28.9 Å². The summed E-state index contributed by atoms with van der Waals surface area (Å²) < 4.78 is 23.6. The topological polar surface area (TPSA) is 44.9 Å². The molecule has 140 valence electrons. The van der Waals surface area contributed by atoms with Crippen molar-refractivity contribution in [2.75, 3.05) is 13.7 Å². The number of aryl methyl sites for hydroxylation is 1. The van der Waals surface area contributed by atoms with Gasteiger partial charge in [0.15, 0.2) is 11.0 Å². The Hall–Kier alpha value is -2.38. The van der Waals surface area contributed by atoms with Crippen LogP contribution in [0.5, 0.6) is 0 Å². The highest BCUT2D eigenvalue weighted by atomic mass is 32.2. The molecular formula is C20H21FN4OS. The van der Waals surface area contributed by atoms with Gasteiger partial charge in [-0.1, -0.05) is 30.0 Å². The van der Waals surface area contributed by atoms with Crippen LogP contribution in [-0.2, 0) is 23.6 Å². The van der Waals surface area contributed by atoms with Crippen molar-refractivity contribution >= 4 is 33.8 Å². The van der Waals surface area contributed by atoms with E-state index in [-0.39, 0.29) is 5.82 Å². The van der Waals surface area contributed by atoms with Crippen LogP contribution in [0.2, 0.25) is 0 Å². The molecule has 0 saturated heterocycles. The molecule has 0 aliphatic rings. The third kappa shape index (κ3) is 3.33. The Labute approximate surface area is 161 Å². The van der Waals surface area contributed by atoms with Gasteiger partial charge in [0, 0.05) is 20.2 Å². The number of halogens is 1. The molecule has 0 atom stereocenters. The van der Waals surface area contributed by atoms with Gasteiger partial charge in [-0.05, 0) is 31.2 Å². The van der Waals surface area contributed by atoms with Gasteiger partial charge in [-0.2, -0.15) is 0 Å². The summed E-state index contributed by atoms with van der Waals surface area (Å²) in [5, 5.41) is 0.920. The first-order valence-electron chi connectivity index (χ1n) is 8.93. The predicted octanol–water partition coefficient (Wildman–Crippen LogP) is 4.48. The van der Waals surface area contributed by atoms with E-state index in [0.29, 0.717) is 17.9 Å². The van der Waals surface area contributed by atoms with Gasteiger partial charge in [0.25, 0.3) is 0 Å². The molecule has 0 bridgehead atoms. The van der Waals surface area contributed by atoms with Crippen LogP contribution < -0.4 is 0 Å². The molecule has 27 heavy (non-hydrogen) atoms. The number of methoxy groups -OCH3 is 1. The highest BCUT2D eigenvalue weighted by Gasteiger charge is 2.16. The molecule has 0 amide bonds. The first-order chi connectivity index (χ1) is 13.2. The molecule has 0 N–H and O–H groups in total. The summed E-state index contributed by atoms with van der Waals surface area (Å²) in [6.07, 6.45) is 0. The fourth-order valence-electron chi connectivity index (χ4n) is 3.32. The van der Waals surface area contributed by atoms with E-state index in [2.05, 4.69) is 20.2 Å². The van der Waals surface area contributed by atoms with Crippen molar-refractivity contribution in [3.63, 3.8) is 0 Å². The summed E-state index contributed by atoms with van der Waals surface area (Å²) >= 11 is 1.62. The highest BCUT2D eigenvalue weighted by Crippen LogP contribution is 2.28. The fourth-order valence-corrected chi connectivity index (χ4v) is 4.30. The maximum absolute atomic E-state index is 14.1. The van der Waals surface area contributed by atoms with Crippen LogP contribution in [0.1, 0.15) is 12.7 Å². The van der Waals surface area contributed by atoms with Crippen LogP contribution in [-0.4, -0.2) is 32.8 Å². The quantitative estimate of drug-likeness (QED) is 0.441. The van der Waals surface area contributed by atoms with Crippen LogP contribution in [0.15, 0.2) is 47.6 Å². The lowest BCUT2D eigenvalue weighted by Gasteiger charge is -2.09. The van der Waals surface area contributed by atoms with E-state index in [9.17, 15) is 4.39 Å². The maximum atomic E-state index is 14.1. The molecule has 7 heteroatoms. The maximum Gasteiger partial charge on any atom is 0.169 e.